The maximum Gasteiger partial charge on any atom is 0.119 e. The molecular weight excluding hydrogens is 224 g/mol. The third kappa shape index (κ3) is 4.39. The molecule has 1 nitrogen and oxygen atoms in total. The largest absolute Gasteiger partial charge is 0.497 e. The maximum atomic E-state index is 5.18. The van der Waals surface area contributed by atoms with E-state index in [4.69, 9.17) is 4.74 Å². The van der Waals surface area contributed by atoms with Crippen LogP contribution in [0.5, 0.6) is 5.75 Å². The lowest BCUT2D eigenvalue weighted by atomic mass is 10.0. The number of hydrogen-bond donors (Lipinski definition) is 1. The van der Waals surface area contributed by atoms with Crippen molar-refractivity contribution in [3.63, 3.8) is 0 Å². The second-order valence-corrected chi connectivity index (χ2v) is 5.65. The second-order valence-electron chi connectivity index (χ2n) is 4.29. The molecule has 0 radical (unpaired) electrons. The zero-order chi connectivity index (χ0) is 11.3. The van der Waals surface area contributed by atoms with Gasteiger partial charge in [-0.25, -0.2) is 0 Å². The van der Waals surface area contributed by atoms with Gasteiger partial charge in [-0.3, -0.25) is 0 Å². The summed E-state index contributed by atoms with van der Waals surface area (Å²) in [7, 11) is 1.70. The first kappa shape index (κ1) is 12.8. The Balaban J connectivity index is 2.57. The smallest absolute Gasteiger partial charge is 0.119 e. The molecule has 1 aromatic rings. The predicted molar refractivity (Wildman–Crippen MR) is 71.4 cm³/mol. The minimum atomic E-state index is 0.275. The Bertz CT molecular complexity index is 310. The van der Waals surface area contributed by atoms with E-state index in [-0.39, 0.29) is 5.41 Å². The van der Waals surface area contributed by atoms with Gasteiger partial charge >= 0.3 is 0 Å². The molecule has 1 aromatic carbocycles. The molecule has 0 N–H and O–H groups in total. The summed E-state index contributed by atoms with van der Waals surface area (Å²) in [6, 6.07) is 8.17. The standard InChI is InChI=1S/C12H18OS2/c1-12(2,8-14)9-15-11-6-4-5-10(7-11)13-3/h4-7,14H,8-9H2,1-3H3. The molecule has 0 fully saturated rings. The lowest BCUT2D eigenvalue weighted by Gasteiger charge is -2.21. The molecular formula is C12H18OS2. The maximum absolute atomic E-state index is 5.18. The zero-order valence-corrected chi connectivity index (χ0v) is 11.2. The van der Waals surface area contributed by atoms with Gasteiger partial charge in [0, 0.05) is 10.6 Å². The summed E-state index contributed by atoms with van der Waals surface area (Å²) in [4.78, 5) is 1.25. The normalized spacial score (nSPS) is 11.5. The first-order valence-electron chi connectivity index (χ1n) is 4.95. The van der Waals surface area contributed by atoms with Crippen LogP contribution in [0.3, 0.4) is 0 Å². The Morgan fingerprint density at radius 3 is 2.73 bits per heavy atom. The fraction of sp³-hybridized carbons (Fsp3) is 0.500. The summed E-state index contributed by atoms with van der Waals surface area (Å²) in [5, 5.41) is 0. The van der Waals surface area contributed by atoms with Gasteiger partial charge in [0.05, 0.1) is 7.11 Å². The summed E-state index contributed by atoms with van der Waals surface area (Å²) >= 11 is 6.20. The monoisotopic (exact) mass is 242 g/mol. The Morgan fingerprint density at radius 1 is 1.40 bits per heavy atom. The average molecular weight is 242 g/mol. The molecule has 0 bridgehead atoms. The van der Waals surface area contributed by atoms with Crippen molar-refractivity contribution in [2.24, 2.45) is 5.41 Å². The third-order valence-corrected chi connectivity index (χ3v) is 4.47. The predicted octanol–water partition coefficient (Wildman–Crippen LogP) is 3.74. The molecule has 1 rings (SSSR count). The Kier molecular flexibility index (Phi) is 4.87. The highest BCUT2D eigenvalue weighted by molar-refractivity contribution is 7.99. The van der Waals surface area contributed by atoms with Crippen LogP contribution in [0.2, 0.25) is 0 Å². The van der Waals surface area contributed by atoms with E-state index in [1.54, 1.807) is 7.11 Å². The van der Waals surface area contributed by atoms with Crippen LogP contribution in [-0.4, -0.2) is 18.6 Å². The number of hydrogen-bond acceptors (Lipinski definition) is 3. The Labute approximate surface area is 102 Å². The summed E-state index contributed by atoms with van der Waals surface area (Å²) in [5.74, 6) is 2.90. The topological polar surface area (TPSA) is 9.23 Å². The van der Waals surface area contributed by atoms with E-state index in [0.717, 1.165) is 17.3 Å². The van der Waals surface area contributed by atoms with Crippen LogP contribution in [0.4, 0.5) is 0 Å². The molecule has 3 heteroatoms. The van der Waals surface area contributed by atoms with E-state index in [0.29, 0.717) is 0 Å². The molecule has 0 aliphatic carbocycles. The van der Waals surface area contributed by atoms with Gasteiger partial charge in [0.2, 0.25) is 0 Å². The molecule has 15 heavy (non-hydrogen) atoms. The van der Waals surface area contributed by atoms with Gasteiger partial charge in [0.25, 0.3) is 0 Å². The van der Waals surface area contributed by atoms with Crippen molar-refractivity contribution >= 4 is 24.4 Å². The number of methoxy groups -OCH3 is 1. The minimum Gasteiger partial charge on any atom is -0.497 e. The molecule has 0 saturated carbocycles. The lowest BCUT2D eigenvalue weighted by Crippen LogP contribution is -2.16. The number of thiol groups is 1. The van der Waals surface area contributed by atoms with Crippen LogP contribution >= 0.6 is 24.4 Å². The van der Waals surface area contributed by atoms with E-state index in [1.165, 1.54) is 4.90 Å². The Hall–Kier alpha value is -0.280. The van der Waals surface area contributed by atoms with Gasteiger partial charge in [-0.05, 0) is 29.4 Å². The number of benzene rings is 1. The van der Waals surface area contributed by atoms with Crippen LogP contribution in [0.1, 0.15) is 13.8 Å². The summed E-state index contributed by atoms with van der Waals surface area (Å²) in [6.45, 7) is 4.46. The third-order valence-electron chi connectivity index (χ3n) is 2.10. The van der Waals surface area contributed by atoms with Gasteiger partial charge in [-0.2, -0.15) is 12.6 Å². The summed E-state index contributed by atoms with van der Waals surface area (Å²) in [5.41, 5.74) is 0.275. The second kappa shape index (κ2) is 5.71. The zero-order valence-electron chi connectivity index (χ0n) is 9.49. The molecule has 0 unspecified atom stereocenters. The van der Waals surface area contributed by atoms with E-state index in [9.17, 15) is 0 Å². The van der Waals surface area contributed by atoms with Crippen LogP contribution in [0, 0.1) is 5.41 Å². The molecule has 0 atom stereocenters. The van der Waals surface area contributed by atoms with Gasteiger partial charge in [-0.1, -0.05) is 19.9 Å². The highest BCUT2D eigenvalue weighted by Crippen LogP contribution is 2.30. The van der Waals surface area contributed by atoms with Crippen molar-refractivity contribution in [3.8, 4) is 5.75 Å². The van der Waals surface area contributed by atoms with Crippen LogP contribution in [0.25, 0.3) is 0 Å². The summed E-state index contributed by atoms with van der Waals surface area (Å²) < 4.78 is 5.18. The molecule has 0 heterocycles. The van der Waals surface area contributed by atoms with Crippen LogP contribution < -0.4 is 4.74 Å². The van der Waals surface area contributed by atoms with Crippen molar-refractivity contribution in [1.29, 1.82) is 0 Å². The molecule has 84 valence electrons. The van der Waals surface area contributed by atoms with Crippen molar-refractivity contribution < 1.29 is 4.74 Å². The number of ether oxygens (including phenoxy) is 1. The van der Waals surface area contributed by atoms with E-state index < -0.39 is 0 Å². The fourth-order valence-electron chi connectivity index (χ4n) is 1.02. The molecule has 0 saturated heterocycles. The average Bonchev–Trinajstić information content (AvgIpc) is 2.27. The van der Waals surface area contributed by atoms with E-state index in [2.05, 4.69) is 38.6 Å². The number of rotatable bonds is 5. The van der Waals surface area contributed by atoms with Crippen molar-refractivity contribution in [3.05, 3.63) is 24.3 Å². The minimum absolute atomic E-state index is 0.275. The van der Waals surface area contributed by atoms with Crippen molar-refractivity contribution in [1.82, 2.24) is 0 Å². The fourth-order valence-corrected chi connectivity index (χ4v) is 2.31. The SMILES string of the molecule is COc1cccc(SCC(C)(C)CS)c1. The van der Waals surface area contributed by atoms with Gasteiger partial charge < -0.3 is 4.74 Å². The molecule has 0 aliphatic rings. The van der Waals surface area contributed by atoms with Gasteiger partial charge in [0.15, 0.2) is 0 Å². The summed E-state index contributed by atoms with van der Waals surface area (Å²) in [6.07, 6.45) is 0. The first-order valence-corrected chi connectivity index (χ1v) is 6.57. The highest BCUT2D eigenvalue weighted by atomic mass is 32.2. The van der Waals surface area contributed by atoms with Crippen LogP contribution in [-0.2, 0) is 0 Å². The highest BCUT2D eigenvalue weighted by Gasteiger charge is 2.15. The molecule has 0 spiro atoms. The van der Waals surface area contributed by atoms with Crippen molar-refractivity contribution in [2.75, 3.05) is 18.6 Å². The van der Waals surface area contributed by atoms with Gasteiger partial charge in [0.1, 0.15) is 5.75 Å². The quantitative estimate of drug-likeness (QED) is 0.622. The van der Waals surface area contributed by atoms with Crippen LogP contribution in [0.15, 0.2) is 29.2 Å². The van der Waals surface area contributed by atoms with Crippen molar-refractivity contribution in [2.45, 2.75) is 18.7 Å². The van der Waals surface area contributed by atoms with E-state index in [1.807, 2.05) is 23.9 Å². The molecule has 0 aliphatic heterocycles. The lowest BCUT2D eigenvalue weighted by molar-refractivity contribution is 0.413. The molecule has 0 aromatic heterocycles. The Morgan fingerprint density at radius 2 is 2.13 bits per heavy atom. The number of thioether (sulfide) groups is 1. The van der Waals surface area contributed by atoms with Gasteiger partial charge in [-0.15, -0.1) is 11.8 Å². The van der Waals surface area contributed by atoms with E-state index >= 15 is 0 Å². The first-order chi connectivity index (χ1) is 7.07. The molecule has 0 amide bonds.